The number of anilines is 1. The van der Waals surface area contributed by atoms with Gasteiger partial charge in [0.15, 0.2) is 5.82 Å². The summed E-state index contributed by atoms with van der Waals surface area (Å²) < 4.78 is 5.56. The molecule has 2 aliphatic carbocycles. The lowest BCUT2D eigenvalue weighted by Gasteiger charge is -2.18. The smallest absolute Gasteiger partial charge is 0.412 e. The van der Waals surface area contributed by atoms with Crippen molar-refractivity contribution < 1.29 is 19.4 Å². The number of fused-ring (bicyclic) bond motifs is 4. The van der Waals surface area contributed by atoms with Gasteiger partial charge in [-0.25, -0.2) is 4.79 Å². The van der Waals surface area contributed by atoms with Crippen LogP contribution in [0.3, 0.4) is 0 Å². The second kappa shape index (κ2) is 7.33. The minimum atomic E-state index is -0.882. The van der Waals surface area contributed by atoms with E-state index >= 15 is 0 Å². The standard InChI is InChI=1S/C23H21N3O4/c27-22(28)18-11-5-10-17-20(18)25-26-21(17)24-23(29)30-12-19-15-8-3-1-6-13(15)14-7-2-4-9-16(14)19/h1-4,6-9,18-19H,5,10-12H2,(H,27,28)(H2,24,25,26,29). The highest BCUT2D eigenvalue weighted by Gasteiger charge is 2.32. The molecule has 7 nitrogen and oxygen atoms in total. The van der Waals surface area contributed by atoms with E-state index in [9.17, 15) is 14.7 Å². The Morgan fingerprint density at radius 2 is 1.77 bits per heavy atom. The Balaban J connectivity index is 1.31. The van der Waals surface area contributed by atoms with Gasteiger partial charge in [0.2, 0.25) is 0 Å². The first kappa shape index (κ1) is 18.4. The lowest BCUT2D eigenvalue weighted by Crippen LogP contribution is -2.20. The Kier molecular flexibility index (Phi) is 4.50. The maximum Gasteiger partial charge on any atom is 0.412 e. The number of aliphatic carboxylic acids is 1. The van der Waals surface area contributed by atoms with Gasteiger partial charge in [0.05, 0.1) is 11.6 Å². The first-order chi connectivity index (χ1) is 14.6. The summed E-state index contributed by atoms with van der Waals surface area (Å²) in [5.74, 6) is -1.16. The van der Waals surface area contributed by atoms with E-state index in [1.165, 1.54) is 11.1 Å². The summed E-state index contributed by atoms with van der Waals surface area (Å²) in [7, 11) is 0. The molecule has 0 saturated heterocycles. The molecule has 3 aromatic rings. The van der Waals surface area contributed by atoms with Gasteiger partial charge >= 0.3 is 12.1 Å². The number of rotatable bonds is 4. The second-order valence-electron chi connectivity index (χ2n) is 7.70. The predicted molar refractivity (Wildman–Crippen MR) is 111 cm³/mol. The molecule has 2 aliphatic rings. The summed E-state index contributed by atoms with van der Waals surface area (Å²) in [5, 5.41) is 19.0. The van der Waals surface area contributed by atoms with Gasteiger partial charge in [-0.1, -0.05) is 48.5 Å². The monoisotopic (exact) mass is 403 g/mol. The summed E-state index contributed by atoms with van der Waals surface area (Å²) in [5.41, 5.74) is 5.96. The maximum atomic E-state index is 12.5. The summed E-state index contributed by atoms with van der Waals surface area (Å²) in [6.07, 6.45) is 1.38. The number of aromatic amines is 1. The van der Waals surface area contributed by atoms with E-state index in [0.717, 1.165) is 23.1 Å². The molecular formula is C23H21N3O4. The van der Waals surface area contributed by atoms with Crippen LogP contribution in [0.1, 0.15) is 47.1 Å². The highest BCUT2D eigenvalue weighted by molar-refractivity contribution is 5.86. The van der Waals surface area contributed by atoms with Crippen LogP contribution in [0.25, 0.3) is 11.1 Å². The van der Waals surface area contributed by atoms with E-state index in [1.54, 1.807) is 0 Å². The minimum absolute atomic E-state index is 0.0207. The zero-order valence-corrected chi connectivity index (χ0v) is 16.2. The highest BCUT2D eigenvalue weighted by atomic mass is 16.5. The molecule has 0 spiro atoms. The van der Waals surface area contributed by atoms with E-state index in [4.69, 9.17) is 4.74 Å². The van der Waals surface area contributed by atoms with Crippen molar-refractivity contribution in [3.05, 3.63) is 70.9 Å². The molecule has 1 atom stereocenters. The Hall–Kier alpha value is -3.61. The van der Waals surface area contributed by atoms with E-state index in [-0.39, 0.29) is 12.5 Å². The number of benzene rings is 2. The number of carboxylic acids is 1. The van der Waals surface area contributed by atoms with Crippen LogP contribution >= 0.6 is 0 Å². The first-order valence-corrected chi connectivity index (χ1v) is 10.1. The number of carbonyl (C=O) groups excluding carboxylic acids is 1. The highest BCUT2D eigenvalue weighted by Crippen LogP contribution is 2.44. The molecular weight excluding hydrogens is 382 g/mol. The average Bonchev–Trinajstić information content (AvgIpc) is 3.31. The van der Waals surface area contributed by atoms with Crippen molar-refractivity contribution in [3.63, 3.8) is 0 Å². The zero-order valence-electron chi connectivity index (χ0n) is 16.2. The molecule has 0 aliphatic heterocycles. The first-order valence-electron chi connectivity index (χ1n) is 10.1. The number of hydrogen-bond donors (Lipinski definition) is 3. The summed E-state index contributed by atoms with van der Waals surface area (Å²) >= 11 is 0. The van der Waals surface area contributed by atoms with E-state index in [0.29, 0.717) is 24.4 Å². The van der Waals surface area contributed by atoms with Crippen LogP contribution in [-0.4, -0.2) is 34.0 Å². The largest absolute Gasteiger partial charge is 0.481 e. The second-order valence-corrected chi connectivity index (χ2v) is 7.70. The molecule has 0 saturated carbocycles. The molecule has 1 unspecified atom stereocenters. The van der Waals surface area contributed by atoms with Gasteiger partial charge in [-0.3, -0.25) is 15.2 Å². The Labute approximate surface area is 173 Å². The Morgan fingerprint density at radius 1 is 1.10 bits per heavy atom. The number of nitrogens with zero attached hydrogens (tertiary/aromatic N) is 1. The fraction of sp³-hybridized carbons (Fsp3) is 0.261. The number of H-pyrrole nitrogens is 1. The zero-order chi connectivity index (χ0) is 20.7. The van der Waals surface area contributed by atoms with Crippen molar-refractivity contribution in [2.75, 3.05) is 11.9 Å². The van der Waals surface area contributed by atoms with Crippen molar-refractivity contribution in [2.24, 2.45) is 0 Å². The van der Waals surface area contributed by atoms with Gasteiger partial charge < -0.3 is 9.84 Å². The van der Waals surface area contributed by atoms with E-state index < -0.39 is 18.0 Å². The predicted octanol–water partition coefficient (Wildman–Crippen LogP) is 4.28. The third kappa shape index (κ3) is 3.03. The van der Waals surface area contributed by atoms with Crippen molar-refractivity contribution in [1.82, 2.24) is 10.2 Å². The number of carbonyl (C=O) groups is 2. The molecule has 1 aromatic heterocycles. The summed E-state index contributed by atoms with van der Waals surface area (Å²) in [6, 6.07) is 16.3. The molecule has 0 bridgehead atoms. The SMILES string of the molecule is O=C(Nc1n[nH]c2c1CCCC2C(=O)O)OCC1c2ccccc2-c2ccccc21. The van der Waals surface area contributed by atoms with Crippen LogP contribution in [-0.2, 0) is 16.0 Å². The fourth-order valence-electron chi connectivity index (χ4n) is 4.63. The van der Waals surface area contributed by atoms with Crippen LogP contribution < -0.4 is 5.32 Å². The number of nitrogens with one attached hydrogen (secondary N) is 2. The van der Waals surface area contributed by atoms with Gasteiger partial charge in [0, 0.05) is 11.5 Å². The summed E-state index contributed by atoms with van der Waals surface area (Å²) in [4.78, 5) is 23.9. The van der Waals surface area contributed by atoms with Gasteiger partial charge in [-0.2, -0.15) is 5.10 Å². The van der Waals surface area contributed by atoms with E-state index in [2.05, 4.69) is 39.8 Å². The van der Waals surface area contributed by atoms with Gasteiger partial charge in [0.25, 0.3) is 0 Å². The fourth-order valence-corrected chi connectivity index (χ4v) is 4.63. The number of ether oxygens (including phenoxy) is 1. The quantitative estimate of drug-likeness (QED) is 0.603. The van der Waals surface area contributed by atoms with Crippen molar-refractivity contribution in [2.45, 2.75) is 31.1 Å². The Morgan fingerprint density at radius 3 is 2.43 bits per heavy atom. The summed E-state index contributed by atoms with van der Waals surface area (Å²) in [6.45, 7) is 0.213. The van der Waals surface area contributed by atoms with Crippen LogP contribution in [0.2, 0.25) is 0 Å². The lowest BCUT2D eigenvalue weighted by atomic mass is 9.87. The number of carboxylic acid groups (broad SMARTS) is 1. The van der Waals surface area contributed by atoms with Crippen LogP contribution in [0.4, 0.5) is 10.6 Å². The van der Waals surface area contributed by atoms with Gasteiger partial charge in [-0.05, 0) is 41.5 Å². The molecule has 152 valence electrons. The molecule has 7 heteroatoms. The Bertz CT molecular complexity index is 1090. The van der Waals surface area contributed by atoms with Crippen molar-refractivity contribution >= 4 is 17.9 Å². The number of aromatic nitrogens is 2. The molecule has 1 heterocycles. The third-order valence-electron chi connectivity index (χ3n) is 6.03. The van der Waals surface area contributed by atoms with E-state index in [1.807, 2.05) is 24.3 Å². The molecule has 0 fully saturated rings. The maximum absolute atomic E-state index is 12.5. The molecule has 2 aromatic carbocycles. The number of amides is 1. The van der Waals surface area contributed by atoms with Gasteiger partial charge in [-0.15, -0.1) is 0 Å². The minimum Gasteiger partial charge on any atom is -0.481 e. The molecule has 5 rings (SSSR count). The van der Waals surface area contributed by atoms with Crippen LogP contribution in [0.5, 0.6) is 0 Å². The van der Waals surface area contributed by atoms with Crippen molar-refractivity contribution in [1.29, 1.82) is 0 Å². The topological polar surface area (TPSA) is 104 Å². The van der Waals surface area contributed by atoms with Crippen molar-refractivity contribution in [3.8, 4) is 11.1 Å². The van der Waals surface area contributed by atoms with Gasteiger partial charge in [0.1, 0.15) is 6.61 Å². The van der Waals surface area contributed by atoms with Crippen LogP contribution in [0, 0.1) is 0 Å². The lowest BCUT2D eigenvalue weighted by molar-refractivity contribution is -0.139. The molecule has 3 N–H and O–H groups in total. The van der Waals surface area contributed by atoms with Crippen LogP contribution in [0.15, 0.2) is 48.5 Å². The molecule has 0 radical (unpaired) electrons. The third-order valence-corrected chi connectivity index (χ3v) is 6.03. The average molecular weight is 403 g/mol. The normalized spacial score (nSPS) is 17.0. The molecule has 30 heavy (non-hydrogen) atoms. The molecule has 1 amide bonds. The number of hydrogen-bond acceptors (Lipinski definition) is 4.